The number of benzene rings is 3. The first-order valence-corrected chi connectivity index (χ1v) is 11.9. The highest BCUT2D eigenvalue weighted by molar-refractivity contribution is 5.99. The van der Waals surface area contributed by atoms with Crippen LogP contribution >= 0.6 is 0 Å². The number of rotatable bonds is 10. The highest BCUT2D eigenvalue weighted by Crippen LogP contribution is 2.28. The Bertz CT molecular complexity index is 1370. The van der Waals surface area contributed by atoms with Gasteiger partial charge in [0.15, 0.2) is 5.76 Å². The molecule has 7 heteroatoms. The van der Waals surface area contributed by atoms with Crippen LogP contribution < -0.4 is 10.6 Å². The number of aryl methyl sites for hydroxylation is 1. The van der Waals surface area contributed by atoms with Gasteiger partial charge in [-0.15, -0.1) is 0 Å². The van der Waals surface area contributed by atoms with E-state index in [2.05, 4.69) is 10.6 Å². The molecule has 0 aliphatic carbocycles. The lowest BCUT2D eigenvalue weighted by molar-refractivity contribution is -0.137. The van der Waals surface area contributed by atoms with Crippen LogP contribution in [0.5, 0.6) is 0 Å². The van der Waals surface area contributed by atoms with Crippen LogP contribution in [0.2, 0.25) is 0 Å². The lowest BCUT2D eigenvalue weighted by atomic mass is 9.94. The molecule has 3 N–H and O–H groups in total. The SMILES string of the molecule is CC(C(=O)Nc1cc(CNC(=O)c2ccco2)ccc1CCCC(=O)O)c1cccc2ccccc12. The lowest BCUT2D eigenvalue weighted by Crippen LogP contribution is -2.23. The zero-order valence-electron chi connectivity index (χ0n) is 20.0. The fraction of sp³-hybridized carbons (Fsp3) is 0.207. The molecule has 0 spiro atoms. The van der Waals surface area contributed by atoms with Crippen LogP contribution in [-0.2, 0) is 22.6 Å². The minimum Gasteiger partial charge on any atom is -0.481 e. The van der Waals surface area contributed by atoms with Crippen molar-refractivity contribution in [3.8, 4) is 0 Å². The number of carboxylic acid groups (broad SMARTS) is 1. The normalized spacial score (nSPS) is 11.7. The number of fused-ring (bicyclic) bond motifs is 1. The predicted octanol–water partition coefficient (Wildman–Crippen LogP) is 5.51. The Balaban J connectivity index is 1.54. The second kappa shape index (κ2) is 11.4. The Morgan fingerprint density at radius 2 is 1.78 bits per heavy atom. The Hall–Kier alpha value is -4.39. The summed E-state index contributed by atoms with van der Waals surface area (Å²) in [5, 5.41) is 17.0. The molecular weight excluding hydrogens is 456 g/mol. The van der Waals surface area contributed by atoms with Gasteiger partial charge in [-0.25, -0.2) is 0 Å². The van der Waals surface area contributed by atoms with Gasteiger partial charge in [-0.3, -0.25) is 14.4 Å². The number of hydrogen-bond acceptors (Lipinski definition) is 4. The third-order valence-electron chi connectivity index (χ3n) is 6.15. The van der Waals surface area contributed by atoms with E-state index in [-0.39, 0.29) is 30.5 Å². The smallest absolute Gasteiger partial charge is 0.303 e. The van der Waals surface area contributed by atoms with Gasteiger partial charge in [0.2, 0.25) is 5.91 Å². The monoisotopic (exact) mass is 484 g/mol. The van der Waals surface area contributed by atoms with Gasteiger partial charge in [0.25, 0.3) is 5.91 Å². The Morgan fingerprint density at radius 1 is 0.972 bits per heavy atom. The molecule has 0 bridgehead atoms. The fourth-order valence-corrected chi connectivity index (χ4v) is 4.19. The number of aliphatic carboxylic acids is 1. The molecule has 1 aromatic heterocycles. The van der Waals surface area contributed by atoms with Crippen LogP contribution in [0.3, 0.4) is 0 Å². The van der Waals surface area contributed by atoms with Crippen LogP contribution in [0.1, 0.15) is 52.9 Å². The van der Waals surface area contributed by atoms with Gasteiger partial charge in [0.05, 0.1) is 12.2 Å². The average molecular weight is 485 g/mol. The summed E-state index contributed by atoms with van der Waals surface area (Å²) in [6, 6.07) is 22.7. The summed E-state index contributed by atoms with van der Waals surface area (Å²) in [4.78, 5) is 36.6. The number of anilines is 1. The largest absolute Gasteiger partial charge is 0.481 e. The maximum atomic E-state index is 13.3. The highest BCUT2D eigenvalue weighted by atomic mass is 16.4. The first-order chi connectivity index (χ1) is 17.4. The number of carbonyl (C=O) groups excluding carboxylic acids is 2. The standard InChI is InChI=1S/C29H28N2O5/c1-19(23-11-4-8-21-7-2-3-10-24(21)23)28(34)31-25-17-20(14-15-22(25)9-5-13-27(32)33)18-30-29(35)26-12-6-16-36-26/h2-4,6-8,10-12,14-17,19H,5,9,13,18H2,1H3,(H,30,35)(H,31,34)(H,32,33). The van der Waals surface area contributed by atoms with E-state index < -0.39 is 11.9 Å². The lowest BCUT2D eigenvalue weighted by Gasteiger charge is -2.18. The summed E-state index contributed by atoms with van der Waals surface area (Å²) >= 11 is 0. The van der Waals surface area contributed by atoms with Crippen LogP contribution in [-0.4, -0.2) is 22.9 Å². The molecule has 4 rings (SSSR count). The molecule has 0 aliphatic rings. The van der Waals surface area contributed by atoms with E-state index in [9.17, 15) is 14.4 Å². The number of carbonyl (C=O) groups is 3. The van der Waals surface area contributed by atoms with E-state index in [0.29, 0.717) is 18.5 Å². The maximum absolute atomic E-state index is 13.3. The quantitative estimate of drug-likeness (QED) is 0.275. The predicted molar refractivity (Wildman–Crippen MR) is 138 cm³/mol. The summed E-state index contributed by atoms with van der Waals surface area (Å²) in [5.41, 5.74) is 3.18. The molecule has 36 heavy (non-hydrogen) atoms. The van der Waals surface area contributed by atoms with Gasteiger partial charge in [-0.05, 0) is 65.4 Å². The van der Waals surface area contributed by atoms with E-state index in [1.54, 1.807) is 12.1 Å². The molecule has 4 aromatic rings. The van der Waals surface area contributed by atoms with Gasteiger partial charge in [-0.1, -0.05) is 54.6 Å². The average Bonchev–Trinajstić information content (AvgIpc) is 3.42. The molecule has 3 aromatic carbocycles. The Labute approximate surface area is 209 Å². The Kier molecular flexibility index (Phi) is 7.80. The zero-order valence-corrected chi connectivity index (χ0v) is 20.0. The van der Waals surface area contributed by atoms with Crippen LogP contribution in [0, 0.1) is 0 Å². The molecule has 0 fully saturated rings. The van der Waals surface area contributed by atoms with Crippen molar-refractivity contribution in [2.24, 2.45) is 0 Å². The minimum absolute atomic E-state index is 0.0424. The summed E-state index contributed by atoms with van der Waals surface area (Å²) in [5.74, 6) is -1.55. The number of furan rings is 1. The third-order valence-corrected chi connectivity index (χ3v) is 6.15. The van der Waals surface area contributed by atoms with E-state index in [1.807, 2.05) is 67.6 Å². The van der Waals surface area contributed by atoms with Crippen LogP contribution in [0.25, 0.3) is 10.8 Å². The second-order valence-electron chi connectivity index (χ2n) is 8.68. The van der Waals surface area contributed by atoms with Gasteiger partial charge < -0.3 is 20.2 Å². The Morgan fingerprint density at radius 3 is 2.56 bits per heavy atom. The molecule has 0 aliphatic heterocycles. The molecule has 0 radical (unpaired) electrons. The number of hydrogen-bond donors (Lipinski definition) is 3. The molecule has 0 saturated heterocycles. The van der Waals surface area contributed by atoms with Gasteiger partial charge in [-0.2, -0.15) is 0 Å². The first kappa shape index (κ1) is 24.7. The van der Waals surface area contributed by atoms with E-state index in [1.165, 1.54) is 6.26 Å². The third kappa shape index (κ3) is 5.99. The first-order valence-electron chi connectivity index (χ1n) is 11.9. The van der Waals surface area contributed by atoms with Crippen molar-refractivity contribution in [2.75, 3.05) is 5.32 Å². The fourth-order valence-electron chi connectivity index (χ4n) is 4.19. The topological polar surface area (TPSA) is 109 Å². The summed E-state index contributed by atoms with van der Waals surface area (Å²) < 4.78 is 5.12. The maximum Gasteiger partial charge on any atom is 0.303 e. The molecule has 0 saturated carbocycles. The van der Waals surface area contributed by atoms with Crippen molar-refractivity contribution in [3.05, 3.63) is 102 Å². The molecule has 1 atom stereocenters. The number of nitrogens with one attached hydrogen (secondary N) is 2. The van der Waals surface area contributed by atoms with Crippen molar-refractivity contribution in [3.63, 3.8) is 0 Å². The summed E-state index contributed by atoms with van der Waals surface area (Å²) in [6.45, 7) is 2.12. The summed E-state index contributed by atoms with van der Waals surface area (Å²) in [7, 11) is 0. The van der Waals surface area contributed by atoms with Gasteiger partial charge >= 0.3 is 5.97 Å². The van der Waals surface area contributed by atoms with Crippen molar-refractivity contribution >= 4 is 34.2 Å². The minimum atomic E-state index is -0.859. The molecule has 1 heterocycles. The van der Waals surface area contributed by atoms with Crippen molar-refractivity contribution in [1.29, 1.82) is 0 Å². The van der Waals surface area contributed by atoms with Crippen molar-refractivity contribution in [1.82, 2.24) is 5.32 Å². The van der Waals surface area contributed by atoms with Crippen molar-refractivity contribution < 1.29 is 23.9 Å². The van der Waals surface area contributed by atoms with Gasteiger partial charge in [0, 0.05) is 18.7 Å². The van der Waals surface area contributed by atoms with E-state index in [4.69, 9.17) is 9.52 Å². The number of amides is 2. The molecule has 7 nitrogen and oxygen atoms in total. The van der Waals surface area contributed by atoms with E-state index >= 15 is 0 Å². The molecular formula is C29H28N2O5. The van der Waals surface area contributed by atoms with Crippen molar-refractivity contribution in [2.45, 2.75) is 38.6 Å². The molecule has 184 valence electrons. The number of carboxylic acids is 1. The zero-order chi connectivity index (χ0) is 25.5. The molecule has 1 unspecified atom stereocenters. The van der Waals surface area contributed by atoms with Crippen LogP contribution in [0.4, 0.5) is 5.69 Å². The van der Waals surface area contributed by atoms with E-state index in [0.717, 1.165) is 27.5 Å². The second-order valence-corrected chi connectivity index (χ2v) is 8.68. The van der Waals surface area contributed by atoms with Gasteiger partial charge in [0.1, 0.15) is 0 Å². The molecule has 2 amide bonds. The van der Waals surface area contributed by atoms with Crippen LogP contribution in [0.15, 0.2) is 83.5 Å². The summed E-state index contributed by atoms with van der Waals surface area (Å²) in [6.07, 6.45) is 2.43. The highest BCUT2D eigenvalue weighted by Gasteiger charge is 2.19.